The van der Waals surface area contributed by atoms with Crippen LogP contribution < -0.4 is 0 Å². The van der Waals surface area contributed by atoms with E-state index in [9.17, 15) is 4.79 Å². The van der Waals surface area contributed by atoms with Crippen molar-refractivity contribution in [2.75, 3.05) is 7.11 Å². The molecule has 0 saturated heterocycles. The van der Waals surface area contributed by atoms with Crippen LogP contribution in [-0.2, 0) is 24.6 Å². The number of carbonyl (C=O) groups is 1. The van der Waals surface area contributed by atoms with Crippen LogP contribution in [0.2, 0.25) is 0 Å². The molecule has 1 unspecified atom stereocenters. The minimum Gasteiger partial charge on any atom is -0.465 e. The van der Waals surface area contributed by atoms with Gasteiger partial charge in [-0.05, 0) is 36.8 Å². The third-order valence-electron chi connectivity index (χ3n) is 4.28. The molecule has 3 nitrogen and oxygen atoms in total. The second-order valence-electron chi connectivity index (χ2n) is 5.53. The number of para-hydroxylation sites is 1. The third kappa shape index (κ3) is 1.76. The molecular weight excluding hydrogens is 238 g/mol. The van der Waals surface area contributed by atoms with Crippen molar-refractivity contribution in [3.05, 3.63) is 35.0 Å². The maximum absolute atomic E-state index is 11.9. The summed E-state index contributed by atoms with van der Waals surface area (Å²) in [5, 5.41) is 1.21. The summed E-state index contributed by atoms with van der Waals surface area (Å²) >= 11 is 0. The van der Waals surface area contributed by atoms with E-state index >= 15 is 0 Å². The number of fused-ring (bicyclic) bond motifs is 3. The Balaban J connectivity index is 2.31. The lowest BCUT2D eigenvalue weighted by Crippen LogP contribution is -2.12. The zero-order valence-electron chi connectivity index (χ0n) is 11.7. The molecule has 1 atom stereocenters. The Morgan fingerprint density at radius 3 is 2.95 bits per heavy atom. The Morgan fingerprint density at radius 2 is 2.21 bits per heavy atom. The topological polar surface area (TPSA) is 31.2 Å². The molecule has 3 rings (SSSR count). The zero-order chi connectivity index (χ0) is 13.6. The predicted octanol–water partition coefficient (Wildman–Crippen LogP) is 3.09. The first-order valence-electron chi connectivity index (χ1n) is 6.81. The molecule has 1 heterocycles. The van der Waals surface area contributed by atoms with Crippen LogP contribution in [-0.4, -0.2) is 17.6 Å². The third-order valence-corrected chi connectivity index (χ3v) is 4.28. The van der Waals surface area contributed by atoms with Crippen LogP contribution in [0.3, 0.4) is 0 Å². The van der Waals surface area contributed by atoms with Gasteiger partial charge in [-0.15, -0.1) is 0 Å². The molecule has 0 amide bonds. The lowest BCUT2D eigenvalue weighted by Gasteiger charge is -2.19. The van der Waals surface area contributed by atoms with Crippen LogP contribution >= 0.6 is 0 Å². The Bertz CT molecular complexity index is 654. The molecule has 0 spiro atoms. The Morgan fingerprint density at radius 1 is 1.42 bits per heavy atom. The number of carbonyl (C=O) groups excluding carboxylic acids is 1. The van der Waals surface area contributed by atoms with E-state index in [-0.39, 0.29) is 5.97 Å². The Hall–Kier alpha value is -1.77. The highest BCUT2D eigenvalue weighted by Gasteiger charge is 2.24. The number of nitrogens with zero attached hydrogens (tertiary/aromatic N) is 1. The molecule has 0 fully saturated rings. The van der Waals surface area contributed by atoms with Crippen LogP contribution in [0.15, 0.2) is 18.2 Å². The summed E-state index contributed by atoms with van der Waals surface area (Å²) in [7, 11) is 3.50. The number of aromatic nitrogens is 1. The lowest BCUT2D eigenvalue weighted by atomic mass is 9.87. The first-order valence-corrected chi connectivity index (χ1v) is 6.81. The van der Waals surface area contributed by atoms with Crippen molar-refractivity contribution in [3.8, 4) is 0 Å². The van der Waals surface area contributed by atoms with E-state index in [0.717, 1.165) is 24.3 Å². The van der Waals surface area contributed by atoms with Gasteiger partial charge in [0.2, 0.25) is 0 Å². The number of hydrogen-bond donors (Lipinski definition) is 0. The number of hydrogen-bond acceptors (Lipinski definition) is 2. The van der Waals surface area contributed by atoms with Gasteiger partial charge in [-0.25, -0.2) is 4.79 Å². The number of rotatable bonds is 1. The van der Waals surface area contributed by atoms with Gasteiger partial charge >= 0.3 is 5.97 Å². The van der Waals surface area contributed by atoms with E-state index in [1.165, 1.54) is 30.2 Å². The van der Waals surface area contributed by atoms with Crippen LogP contribution in [0.1, 0.15) is 35.0 Å². The molecule has 1 aromatic carbocycles. The number of esters is 1. The van der Waals surface area contributed by atoms with E-state index in [4.69, 9.17) is 4.74 Å². The molecule has 0 bridgehead atoms. The molecular formula is C16H19NO2. The molecule has 3 heteroatoms. The van der Waals surface area contributed by atoms with Crippen LogP contribution in [0, 0.1) is 5.92 Å². The minimum atomic E-state index is -0.253. The van der Waals surface area contributed by atoms with Gasteiger partial charge in [0.1, 0.15) is 0 Å². The Labute approximate surface area is 113 Å². The highest BCUT2D eigenvalue weighted by Crippen LogP contribution is 2.35. The molecule has 0 N–H and O–H groups in total. The van der Waals surface area contributed by atoms with Gasteiger partial charge in [0, 0.05) is 18.1 Å². The van der Waals surface area contributed by atoms with Gasteiger partial charge in [-0.2, -0.15) is 0 Å². The molecule has 1 aromatic heterocycles. The molecule has 1 aliphatic rings. The summed E-state index contributed by atoms with van der Waals surface area (Å²) in [6.45, 7) is 2.30. The van der Waals surface area contributed by atoms with Gasteiger partial charge in [-0.1, -0.05) is 19.1 Å². The summed E-state index contributed by atoms with van der Waals surface area (Å²) in [5.41, 5.74) is 4.49. The fourth-order valence-electron chi connectivity index (χ4n) is 3.30. The maximum atomic E-state index is 11.9. The van der Waals surface area contributed by atoms with Gasteiger partial charge in [-0.3, -0.25) is 0 Å². The second-order valence-corrected chi connectivity index (χ2v) is 5.53. The van der Waals surface area contributed by atoms with Crippen LogP contribution in [0.5, 0.6) is 0 Å². The summed E-state index contributed by atoms with van der Waals surface area (Å²) < 4.78 is 7.08. The highest BCUT2D eigenvalue weighted by molar-refractivity contribution is 6.04. The molecule has 0 aliphatic heterocycles. The quantitative estimate of drug-likeness (QED) is 0.735. The van der Waals surface area contributed by atoms with E-state index in [0.29, 0.717) is 5.56 Å². The normalized spacial score (nSPS) is 18.4. The van der Waals surface area contributed by atoms with Crippen molar-refractivity contribution >= 4 is 16.9 Å². The number of aryl methyl sites for hydroxylation is 1. The van der Waals surface area contributed by atoms with Gasteiger partial charge in [0.05, 0.1) is 18.2 Å². The van der Waals surface area contributed by atoms with E-state index in [1.54, 1.807) is 0 Å². The maximum Gasteiger partial charge on any atom is 0.340 e. The second kappa shape index (κ2) is 4.41. The summed E-state index contributed by atoms with van der Waals surface area (Å²) in [5.74, 6) is 0.469. The van der Waals surface area contributed by atoms with E-state index in [1.807, 2.05) is 12.1 Å². The SMILES string of the molecule is COC(=O)c1cccc2c3c(n(C)c12)CCC(C)C3. The summed E-state index contributed by atoms with van der Waals surface area (Å²) in [4.78, 5) is 11.9. The molecule has 0 radical (unpaired) electrons. The average molecular weight is 257 g/mol. The smallest absolute Gasteiger partial charge is 0.340 e. The molecule has 19 heavy (non-hydrogen) atoms. The minimum absolute atomic E-state index is 0.253. The van der Waals surface area contributed by atoms with Crippen LogP contribution in [0.4, 0.5) is 0 Å². The van der Waals surface area contributed by atoms with Crippen molar-refractivity contribution < 1.29 is 9.53 Å². The molecule has 100 valence electrons. The van der Waals surface area contributed by atoms with E-state index in [2.05, 4.69) is 24.6 Å². The number of methoxy groups -OCH3 is 1. The van der Waals surface area contributed by atoms with Gasteiger partial charge in [0.25, 0.3) is 0 Å². The molecule has 0 saturated carbocycles. The fraction of sp³-hybridized carbons (Fsp3) is 0.438. The molecule has 1 aliphatic carbocycles. The largest absolute Gasteiger partial charge is 0.465 e. The van der Waals surface area contributed by atoms with Crippen molar-refractivity contribution in [3.63, 3.8) is 0 Å². The van der Waals surface area contributed by atoms with Gasteiger partial charge in [0.15, 0.2) is 0 Å². The van der Waals surface area contributed by atoms with Crippen LogP contribution in [0.25, 0.3) is 10.9 Å². The average Bonchev–Trinajstić information content (AvgIpc) is 2.71. The van der Waals surface area contributed by atoms with E-state index < -0.39 is 0 Å². The lowest BCUT2D eigenvalue weighted by molar-refractivity contribution is 0.0602. The summed E-state index contributed by atoms with van der Waals surface area (Å²) in [6.07, 6.45) is 3.43. The van der Waals surface area contributed by atoms with Gasteiger partial charge < -0.3 is 9.30 Å². The monoisotopic (exact) mass is 257 g/mol. The van der Waals surface area contributed by atoms with Crippen molar-refractivity contribution in [2.45, 2.75) is 26.2 Å². The highest BCUT2D eigenvalue weighted by atomic mass is 16.5. The zero-order valence-corrected chi connectivity index (χ0v) is 11.7. The first-order chi connectivity index (χ1) is 9.13. The standard InChI is InChI=1S/C16H19NO2/c1-10-7-8-14-13(9-10)11-5-4-6-12(16(18)19-3)15(11)17(14)2/h4-6,10H,7-9H2,1-3H3. The number of benzene rings is 1. The van der Waals surface area contributed by atoms with Crippen molar-refractivity contribution in [1.29, 1.82) is 0 Å². The summed E-state index contributed by atoms with van der Waals surface area (Å²) in [6, 6.07) is 5.93. The Kier molecular flexibility index (Phi) is 2.85. The first kappa shape index (κ1) is 12.3. The fourth-order valence-corrected chi connectivity index (χ4v) is 3.30. The molecule has 2 aromatic rings. The van der Waals surface area contributed by atoms with Crippen molar-refractivity contribution in [1.82, 2.24) is 4.57 Å². The predicted molar refractivity (Wildman–Crippen MR) is 75.4 cm³/mol. The number of ether oxygens (including phenoxy) is 1. The van der Waals surface area contributed by atoms with Crippen molar-refractivity contribution in [2.24, 2.45) is 13.0 Å².